The Morgan fingerprint density at radius 1 is 0.920 bits per heavy atom. The van der Waals surface area contributed by atoms with Crippen LogP contribution in [0.5, 0.6) is 11.5 Å². The number of nitrogens with zero attached hydrogens (tertiary/aromatic N) is 2. The van der Waals surface area contributed by atoms with Crippen molar-refractivity contribution in [3.63, 3.8) is 0 Å². The van der Waals surface area contributed by atoms with Gasteiger partial charge in [0.05, 0.1) is 5.56 Å². The van der Waals surface area contributed by atoms with Gasteiger partial charge in [-0.25, -0.2) is 14.8 Å². The number of aromatic hydroxyl groups is 1. The zero-order chi connectivity index (χ0) is 17.4. The van der Waals surface area contributed by atoms with Gasteiger partial charge in [-0.1, -0.05) is 30.0 Å². The van der Waals surface area contributed by atoms with Gasteiger partial charge in [-0.15, -0.1) is 0 Å². The standard InChI is InChI=1S/C10H9N3.C7H6O4.Ag/c1-3-7-11-9(5-1)13-10-6-2-4-8-12-10;8-4-2-1-3-5(9)6(4)7(10)11;/h1-8H,(H,11,12,13);1-3,8-9H,(H,10,11);/q;;+1/p-1. The van der Waals surface area contributed by atoms with Crippen LogP contribution in [-0.4, -0.2) is 26.2 Å². The van der Waals surface area contributed by atoms with E-state index < -0.39 is 23.0 Å². The van der Waals surface area contributed by atoms with Gasteiger partial charge < -0.3 is 20.6 Å². The molecule has 0 aliphatic carbocycles. The first kappa shape index (κ1) is 20.2. The first-order chi connectivity index (χ1) is 11.6. The molecule has 2 aromatic heterocycles. The van der Waals surface area contributed by atoms with E-state index in [9.17, 15) is 9.90 Å². The van der Waals surface area contributed by atoms with Crippen LogP contribution >= 0.6 is 0 Å². The van der Waals surface area contributed by atoms with Gasteiger partial charge in [-0.05, 0) is 30.3 Å². The Bertz CT molecular complexity index is 744. The molecule has 0 aliphatic rings. The topological polar surface area (TPSA) is 118 Å². The first-order valence-corrected chi connectivity index (χ1v) is 6.89. The molecule has 25 heavy (non-hydrogen) atoms. The van der Waals surface area contributed by atoms with E-state index in [1.165, 1.54) is 6.07 Å². The van der Waals surface area contributed by atoms with Crippen LogP contribution in [0.3, 0.4) is 0 Å². The smallest absolute Gasteiger partial charge is 0.872 e. The van der Waals surface area contributed by atoms with Crippen molar-refractivity contribution in [1.29, 1.82) is 0 Å². The molecule has 8 heteroatoms. The summed E-state index contributed by atoms with van der Waals surface area (Å²) in [5.41, 5.74) is -0.576. The number of rotatable bonds is 3. The van der Waals surface area contributed by atoms with Crippen molar-refractivity contribution in [1.82, 2.24) is 9.97 Å². The molecule has 0 radical (unpaired) electrons. The Balaban J connectivity index is 0.000000244. The van der Waals surface area contributed by atoms with Crippen LogP contribution in [0.2, 0.25) is 0 Å². The molecule has 3 N–H and O–H groups in total. The summed E-state index contributed by atoms with van der Waals surface area (Å²) in [6, 6.07) is 14.9. The number of carbonyl (C=O) groups is 1. The predicted octanol–water partition coefficient (Wildman–Crippen LogP) is 2.38. The maximum atomic E-state index is 10.7. The Hall–Kier alpha value is -2.87. The van der Waals surface area contributed by atoms with Gasteiger partial charge in [0.1, 0.15) is 17.4 Å². The van der Waals surface area contributed by atoms with E-state index in [1.54, 1.807) is 12.4 Å². The molecule has 0 unspecified atom stereocenters. The van der Waals surface area contributed by atoms with Crippen molar-refractivity contribution in [3.8, 4) is 11.5 Å². The zero-order valence-corrected chi connectivity index (χ0v) is 14.2. The fourth-order valence-corrected chi connectivity index (χ4v) is 1.74. The van der Waals surface area contributed by atoms with E-state index in [4.69, 9.17) is 10.2 Å². The molecule has 0 bridgehead atoms. The summed E-state index contributed by atoms with van der Waals surface area (Å²) in [5, 5.41) is 31.1. The number of carboxylic acid groups (broad SMARTS) is 1. The Morgan fingerprint density at radius 2 is 1.48 bits per heavy atom. The maximum Gasteiger partial charge on any atom is 1.00 e. The van der Waals surface area contributed by atoms with Crippen LogP contribution in [0.1, 0.15) is 10.4 Å². The third-order valence-corrected chi connectivity index (χ3v) is 2.80. The van der Waals surface area contributed by atoms with Crippen molar-refractivity contribution < 1.29 is 42.5 Å². The van der Waals surface area contributed by atoms with Crippen molar-refractivity contribution in [2.75, 3.05) is 5.32 Å². The van der Waals surface area contributed by atoms with Crippen LogP contribution in [0.25, 0.3) is 0 Å². The number of anilines is 2. The van der Waals surface area contributed by atoms with Crippen LogP contribution < -0.4 is 10.4 Å². The third-order valence-electron chi connectivity index (χ3n) is 2.80. The van der Waals surface area contributed by atoms with Gasteiger partial charge in [0.2, 0.25) is 0 Å². The minimum absolute atomic E-state index is 0. The van der Waals surface area contributed by atoms with Crippen LogP contribution in [0.4, 0.5) is 11.6 Å². The molecule has 1 aromatic carbocycles. The SMILES string of the molecule is O=C(O)c1c([O-])cccc1O.[Ag+].c1ccc(Nc2ccccn2)nc1. The summed E-state index contributed by atoms with van der Waals surface area (Å²) in [6.07, 6.45) is 3.48. The van der Waals surface area contributed by atoms with Crippen molar-refractivity contribution in [2.24, 2.45) is 0 Å². The van der Waals surface area contributed by atoms with Gasteiger partial charge in [0.25, 0.3) is 0 Å². The van der Waals surface area contributed by atoms with Gasteiger partial charge in [-0.3, -0.25) is 0 Å². The van der Waals surface area contributed by atoms with Crippen LogP contribution in [0.15, 0.2) is 67.0 Å². The van der Waals surface area contributed by atoms with E-state index in [0.717, 1.165) is 23.8 Å². The van der Waals surface area contributed by atoms with E-state index in [1.807, 2.05) is 36.4 Å². The Morgan fingerprint density at radius 3 is 1.84 bits per heavy atom. The molecule has 0 amide bonds. The number of hydrogen-bond acceptors (Lipinski definition) is 6. The van der Waals surface area contributed by atoms with E-state index in [-0.39, 0.29) is 22.4 Å². The second kappa shape index (κ2) is 10.1. The number of hydrogen-bond donors (Lipinski definition) is 3. The average molecular weight is 432 g/mol. The molecule has 2 heterocycles. The zero-order valence-electron chi connectivity index (χ0n) is 12.8. The molecule has 0 aliphatic heterocycles. The normalized spacial score (nSPS) is 9.12. The van der Waals surface area contributed by atoms with E-state index in [0.29, 0.717) is 0 Å². The Kier molecular flexibility index (Phi) is 8.14. The third kappa shape index (κ3) is 6.27. The number of carboxylic acids is 1. The minimum Gasteiger partial charge on any atom is -0.872 e. The summed E-state index contributed by atoms with van der Waals surface area (Å²) >= 11 is 0. The molecule has 0 saturated carbocycles. The molecule has 3 aromatic rings. The monoisotopic (exact) mass is 431 g/mol. The second-order valence-corrected chi connectivity index (χ2v) is 4.51. The maximum absolute atomic E-state index is 10.7. The van der Waals surface area contributed by atoms with Gasteiger partial charge in [-0.2, -0.15) is 0 Å². The van der Waals surface area contributed by atoms with E-state index >= 15 is 0 Å². The largest absolute Gasteiger partial charge is 1.00 e. The quantitative estimate of drug-likeness (QED) is 0.544. The molecular formula is C17H14AgN3O4. The summed E-state index contributed by atoms with van der Waals surface area (Å²) in [5.74, 6) is -0.974. The Labute approximate surface area is 159 Å². The number of aromatic carboxylic acids is 1. The van der Waals surface area contributed by atoms with Gasteiger partial charge in [0, 0.05) is 12.4 Å². The van der Waals surface area contributed by atoms with Crippen LogP contribution in [0, 0.1) is 0 Å². The number of benzene rings is 1. The van der Waals surface area contributed by atoms with Gasteiger partial charge >= 0.3 is 28.3 Å². The van der Waals surface area contributed by atoms with Crippen molar-refractivity contribution in [3.05, 3.63) is 72.6 Å². The predicted molar refractivity (Wildman–Crippen MR) is 86.3 cm³/mol. The van der Waals surface area contributed by atoms with Crippen molar-refractivity contribution in [2.45, 2.75) is 0 Å². The fraction of sp³-hybridized carbons (Fsp3) is 0. The van der Waals surface area contributed by atoms with Gasteiger partial charge in [0.15, 0.2) is 0 Å². The molecule has 0 fully saturated rings. The van der Waals surface area contributed by atoms with E-state index in [2.05, 4.69) is 15.3 Å². The number of phenols is 1. The summed E-state index contributed by atoms with van der Waals surface area (Å²) in [7, 11) is 0. The minimum atomic E-state index is -1.41. The second-order valence-electron chi connectivity index (χ2n) is 4.51. The first-order valence-electron chi connectivity index (χ1n) is 6.89. The van der Waals surface area contributed by atoms with Crippen molar-refractivity contribution >= 4 is 17.6 Å². The molecule has 132 valence electrons. The number of nitrogens with one attached hydrogen (secondary N) is 1. The molecule has 7 nitrogen and oxygen atoms in total. The molecule has 3 rings (SSSR count). The summed E-state index contributed by atoms with van der Waals surface area (Å²) in [4.78, 5) is 18.5. The molecular weight excluding hydrogens is 418 g/mol. The van der Waals surface area contributed by atoms with Crippen LogP contribution in [-0.2, 0) is 22.4 Å². The molecule has 0 atom stereocenters. The molecule has 0 spiro atoms. The number of pyridine rings is 2. The summed E-state index contributed by atoms with van der Waals surface area (Å²) in [6.45, 7) is 0. The average Bonchev–Trinajstić information content (AvgIpc) is 2.57. The molecule has 0 saturated heterocycles. The summed E-state index contributed by atoms with van der Waals surface area (Å²) < 4.78 is 0. The fourth-order valence-electron chi connectivity index (χ4n) is 1.74. The number of aromatic nitrogens is 2.